The van der Waals surface area contributed by atoms with Gasteiger partial charge in [-0.2, -0.15) is 0 Å². The second kappa shape index (κ2) is 4.63. The first kappa shape index (κ1) is 11.3. The monoisotopic (exact) mass is 204 g/mol. The second-order valence-electron chi connectivity index (χ2n) is 2.93. The highest BCUT2D eigenvalue weighted by molar-refractivity contribution is 5.83. The molecule has 0 saturated heterocycles. The Hall–Kier alpha value is -1.79. The number of carboxylic acids is 1. The number of carboxylic acid groups (broad SMARTS) is 1. The Morgan fingerprint density at radius 2 is 2.00 bits per heavy atom. The third-order valence-electron chi connectivity index (χ3n) is 2.09. The van der Waals surface area contributed by atoms with Gasteiger partial charge in [0.15, 0.2) is 0 Å². The van der Waals surface area contributed by atoms with Crippen LogP contribution in [-0.4, -0.2) is 18.2 Å². The van der Waals surface area contributed by atoms with Crippen LogP contribution in [0.25, 0.3) is 0 Å². The number of aliphatic carboxylic acids is 1. The molecule has 0 radical (unpaired) electrons. The molecule has 1 rings (SSSR count). The van der Waals surface area contributed by atoms with Crippen molar-refractivity contribution in [2.45, 2.75) is 12.5 Å². The van der Waals surface area contributed by atoms with Gasteiger partial charge in [-0.15, -0.1) is 5.92 Å². The molecule has 0 saturated carbocycles. The van der Waals surface area contributed by atoms with Crippen molar-refractivity contribution in [3.8, 4) is 11.8 Å². The van der Waals surface area contributed by atoms with Gasteiger partial charge in [0.25, 0.3) is 5.60 Å². The smallest absolute Gasteiger partial charge is 0.353 e. The van der Waals surface area contributed by atoms with Crippen LogP contribution >= 0.6 is 0 Å². The minimum atomic E-state index is -1.56. The fraction of sp³-hybridized carbons (Fsp3) is 0.250. The summed E-state index contributed by atoms with van der Waals surface area (Å²) in [6, 6.07) is 8.68. The van der Waals surface area contributed by atoms with E-state index in [0.717, 1.165) is 0 Å². The Kier molecular flexibility index (Phi) is 3.48. The van der Waals surface area contributed by atoms with Crippen molar-refractivity contribution in [1.82, 2.24) is 0 Å². The molecular formula is C12H12O3. The first-order chi connectivity index (χ1) is 7.17. The standard InChI is InChI=1S/C12H12O3/c1-3-9-12(15-2,11(13)14)10-7-5-4-6-8-10/h4-8H,1-2H3,(H,13,14)/t12-/m0/s1. The molecule has 0 amide bonds. The van der Waals surface area contributed by atoms with Crippen molar-refractivity contribution >= 4 is 5.97 Å². The SMILES string of the molecule is CC#C[C@@](OC)(C(=O)O)c1ccccc1. The van der Waals surface area contributed by atoms with E-state index in [1.54, 1.807) is 31.2 Å². The molecule has 0 aliphatic rings. The van der Waals surface area contributed by atoms with Gasteiger partial charge in [0.1, 0.15) is 0 Å². The van der Waals surface area contributed by atoms with Gasteiger partial charge in [0, 0.05) is 12.7 Å². The summed E-state index contributed by atoms with van der Waals surface area (Å²) < 4.78 is 5.05. The highest BCUT2D eigenvalue weighted by atomic mass is 16.5. The van der Waals surface area contributed by atoms with Crippen LogP contribution in [-0.2, 0) is 15.1 Å². The van der Waals surface area contributed by atoms with Crippen LogP contribution in [0, 0.1) is 11.8 Å². The summed E-state index contributed by atoms with van der Waals surface area (Å²) >= 11 is 0. The molecule has 0 aromatic heterocycles. The molecule has 3 nitrogen and oxygen atoms in total. The van der Waals surface area contributed by atoms with E-state index in [-0.39, 0.29) is 0 Å². The normalized spacial score (nSPS) is 13.5. The molecule has 0 aliphatic carbocycles. The molecule has 0 bridgehead atoms. The summed E-state index contributed by atoms with van der Waals surface area (Å²) in [5.74, 6) is 4.07. The Bertz CT molecular complexity index is 400. The fourth-order valence-corrected chi connectivity index (χ4v) is 1.35. The van der Waals surface area contributed by atoms with E-state index >= 15 is 0 Å². The lowest BCUT2D eigenvalue weighted by molar-refractivity contribution is -0.156. The molecule has 1 N–H and O–H groups in total. The molecule has 15 heavy (non-hydrogen) atoms. The summed E-state index contributed by atoms with van der Waals surface area (Å²) in [4.78, 5) is 11.2. The van der Waals surface area contributed by atoms with Gasteiger partial charge < -0.3 is 9.84 Å². The Morgan fingerprint density at radius 3 is 2.40 bits per heavy atom. The minimum absolute atomic E-state index is 0.523. The second-order valence-corrected chi connectivity index (χ2v) is 2.93. The van der Waals surface area contributed by atoms with Crippen LogP contribution in [0.15, 0.2) is 30.3 Å². The molecule has 3 heteroatoms. The van der Waals surface area contributed by atoms with E-state index in [2.05, 4.69) is 11.8 Å². The summed E-state index contributed by atoms with van der Waals surface area (Å²) in [5, 5.41) is 9.18. The zero-order valence-electron chi connectivity index (χ0n) is 8.65. The maximum atomic E-state index is 11.2. The largest absolute Gasteiger partial charge is 0.478 e. The van der Waals surface area contributed by atoms with Crippen LogP contribution in [0.2, 0.25) is 0 Å². The molecule has 0 fully saturated rings. The van der Waals surface area contributed by atoms with Gasteiger partial charge in [-0.25, -0.2) is 4.79 Å². The number of carbonyl (C=O) groups is 1. The summed E-state index contributed by atoms with van der Waals surface area (Å²) in [6.07, 6.45) is 0. The molecule has 0 aliphatic heterocycles. The van der Waals surface area contributed by atoms with Crippen LogP contribution < -0.4 is 0 Å². The van der Waals surface area contributed by atoms with Crippen LogP contribution in [0.3, 0.4) is 0 Å². The van der Waals surface area contributed by atoms with Crippen molar-refractivity contribution in [3.63, 3.8) is 0 Å². The van der Waals surface area contributed by atoms with Gasteiger partial charge in [0.05, 0.1) is 0 Å². The van der Waals surface area contributed by atoms with Gasteiger partial charge >= 0.3 is 5.97 Å². The van der Waals surface area contributed by atoms with Crippen molar-refractivity contribution in [2.75, 3.05) is 7.11 Å². The van der Waals surface area contributed by atoms with E-state index in [9.17, 15) is 9.90 Å². The zero-order valence-corrected chi connectivity index (χ0v) is 8.65. The van der Waals surface area contributed by atoms with E-state index < -0.39 is 11.6 Å². The van der Waals surface area contributed by atoms with Gasteiger partial charge in [0.2, 0.25) is 0 Å². The first-order valence-electron chi connectivity index (χ1n) is 4.45. The zero-order chi connectivity index (χ0) is 11.3. The maximum absolute atomic E-state index is 11.2. The first-order valence-corrected chi connectivity index (χ1v) is 4.45. The third-order valence-corrected chi connectivity index (χ3v) is 2.09. The number of methoxy groups -OCH3 is 1. The summed E-state index contributed by atoms with van der Waals surface area (Å²) in [5.41, 5.74) is -1.04. The van der Waals surface area contributed by atoms with E-state index in [4.69, 9.17) is 4.74 Å². The molecule has 0 spiro atoms. The average Bonchev–Trinajstić information content (AvgIpc) is 2.26. The van der Waals surface area contributed by atoms with E-state index in [1.165, 1.54) is 7.11 Å². The molecule has 1 aromatic carbocycles. The predicted octanol–water partition coefficient (Wildman–Crippen LogP) is 1.64. The van der Waals surface area contributed by atoms with Gasteiger partial charge in [-0.05, 0) is 6.92 Å². The number of hydrogen-bond donors (Lipinski definition) is 1. The van der Waals surface area contributed by atoms with Crippen LogP contribution in [0.1, 0.15) is 12.5 Å². The van der Waals surface area contributed by atoms with E-state index in [1.807, 2.05) is 6.07 Å². The highest BCUT2D eigenvalue weighted by Crippen LogP contribution is 2.24. The molecule has 0 heterocycles. The van der Waals surface area contributed by atoms with Crippen molar-refractivity contribution in [1.29, 1.82) is 0 Å². The fourth-order valence-electron chi connectivity index (χ4n) is 1.35. The predicted molar refractivity (Wildman–Crippen MR) is 56.2 cm³/mol. The number of hydrogen-bond acceptors (Lipinski definition) is 2. The topological polar surface area (TPSA) is 46.5 Å². The third kappa shape index (κ3) is 2.00. The average molecular weight is 204 g/mol. The lowest BCUT2D eigenvalue weighted by Gasteiger charge is -2.22. The van der Waals surface area contributed by atoms with Gasteiger partial charge in [-0.1, -0.05) is 36.3 Å². The molecule has 1 atom stereocenters. The van der Waals surface area contributed by atoms with E-state index in [0.29, 0.717) is 5.56 Å². The van der Waals surface area contributed by atoms with Crippen molar-refractivity contribution in [2.24, 2.45) is 0 Å². The number of ether oxygens (including phenoxy) is 1. The molecular weight excluding hydrogens is 192 g/mol. The highest BCUT2D eigenvalue weighted by Gasteiger charge is 2.38. The summed E-state index contributed by atoms with van der Waals surface area (Å²) in [6.45, 7) is 1.58. The van der Waals surface area contributed by atoms with Gasteiger partial charge in [-0.3, -0.25) is 0 Å². The van der Waals surface area contributed by atoms with Crippen molar-refractivity contribution in [3.05, 3.63) is 35.9 Å². The lowest BCUT2D eigenvalue weighted by atomic mass is 9.94. The number of rotatable bonds is 3. The Morgan fingerprint density at radius 1 is 1.40 bits per heavy atom. The summed E-state index contributed by atoms with van der Waals surface area (Å²) in [7, 11) is 1.34. The Balaban J connectivity index is 3.32. The minimum Gasteiger partial charge on any atom is -0.478 e. The molecule has 78 valence electrons. The molecule has 0 unspecified atom stereocenters. The lowest BCUT2D eigenvalue weighted by Crippen LogP contribution is -2.36. The quantitative estimate of drug-likeness (QED) is 0.761. The maximum Gasteiger partial charge on any atom is 0.353 e. The van der Waals surface area contributed by atoms with Crippen molar-refractivity contribution < 1.29 is 14.6 Å². The van der Waals surface area contributed by atoms with Crippen LogP contribution in [0.4, 0.5) is 0 Å². The Labute approximate surface area is 88.7 Å². The molecule has 1 aromatic rings. The van der Waals surface area contributed by atoms with Crippen LogP contribution in [0.5, 0.6) is 0 Å². The number of benzene rings is 1.